The maximum absolute atomic E-state index is 8.58. The third-order valence-electron chi connectivity index (χ3n) is 2.11. The third kappa shape index (κ3) is 2.57. The lowest BCUT2D eigenvalue weighted by Crippen LogP contribution is -2.20. The summed E-state index contributed by atoms with van der Waals surface area (Å²) in [5.41, 5.74) is 9.16. The zero-order chi connectivity index (χ0) is 9.84. The molecular formula is C11H14N2. The predicted molar refractivity (Wildman–Crippen MR) is 53.2 cm³/mol. The van der Waals surface area contributed by atoms with E-state index in [2.05, 4.69) is 18.2 Å². The van der Waals surface area contributed by atoms with Crippen molar-refractivity contribution < 1.29 is 0 Å². The Bertz CT molecular complexity index is 336. The van der Waals surface area contributed by atoms with Crippen molar-refractivity contribution in [3.8, 4) is 6.07 Å². The van der Waals surface area contributed by atoms with E-state index in [0.29, 0.717) is 6.42 Å². The molecule has 1 atom stereocenters. The Morgan fingerprint density at radius 1 is 1.46 bits per heavy atom. The maximum Gasteiger partial charge on any atom is 0.0968 e. The first-order chi connectivity index (χ1) is 6.13. The van der Waals surface area contributed by atoms with Crippen LogP contribution >= 0.6 is 0 Å². The van der Waals surface area contributed by atoms with Gasteiger partial charge in [0.25, 0.3) is 0 Å². The average Bonchev–Trinajstić information content (AvgIpc) is 2.11. The van der Waals surface area contributed by atoms with E-state index in [1.165, 1.54) is 16.7 Å². The van der Waals surface area contributed by atoms with Gasteiger partial charge in [-0.05, 0) is 25.0 Å². The van der Waals surface area contributed by atoms with E-state index in [-0.39, 0.29) is 6.04 Å². The molecule has 1 unspecified atom stereocenters. The number of hydrogen-bond donors (Lipinski definition) is 1. The lowest BCUT2D eigenvalue weighted by Gasteiger charge is -2.07. The number of nitrogens with zero attached hydrogens (tertiary/aromatic N) is 1. The Labute approximate surface area is 79.0 Å². The van der Waals surface area contributed by atoms with Crippen molar-refractivity contribution in [1.29, 1.82) is 5.26 Å². The van der Waals surface area contributed by atoms with Crippen molar-refractivity contribution in [3.63, 3.8) is 0 Å². The molecule has 0 spiro atoms. The van der Waals surface area contributed by atoms with Crippen LogP contribution in [-0.4, -0.2) is 6.04 Å². The summed E-state index contributed by atoms with van der Waals surface area (Å²) in [7, 11) is 0. The summed E-state index contributed by atoms with van der Waals surface area (Å²) < 4.78 is 0. The Hall–Kier alpha value is -1.33. The first-order valence-electron chi connectivity index (χ1n) is 4.35. The fraction of sp³-hybridized carbons (Fsp3) is 0.364. The van der Waals surface area contributed by atoms with Gasteiger partial charge in [-0.3, -0.25) is 0 Å². The Kier molecular flexibility index (Phi) is 3.05. The van der Waals surface area contributed by atoms with E-state index in [9.17, 15) is 0 Å². The Morgan fingerprint density at radius 3 is 2.77 bits per heavy atom. The van der Waals surface area contributed by atoms with E-state index < -0.39 is 0 Å². The summed E-state index contributed by atoms with van der Waals surface area (Å²) in [6, 6.07) is 7.87. The van der Waals surface area contributed by atoms with E-state index >= 15 is 0 Å². The molecule has 0 saturated carbocycles. The van der Waals surface area contributed by atoms with Gasteiger partial charge in [0, 0.05) is 6.42 Å². The number of benzene rings is 1. The SMILES string of the molecule is Cc1ccc(C)c(CC(N)C#N)c1. The highest BCUT2D eigenvalue weighted by Gasteiger charge is 2.04. The highest BCUT2D eigenvalue weighted by molar-refractivity contribution is 5.31. The van der Waals surface area contributed by atoms with Crippen molar-refractivity contribution in [1.82, 2.24) is 0 Å². The number of nitrogens with two attached hydrogens (primary N) is 1. The summed E-state index contributed by atoms with van der Waals surface area (Å²) in [6.07, 6.45) is 0.643. The van der Waals surface area contributed by atoms with Crippen molar-refractivity contribution in [2.24, 2.45) is 5.73 Å². The minimum Gasteiger partial charge on any atom is -0.316 e. The summed E-state index contributed by atoms with van der Waals surface area (Å²) in [6.45, 7) is 4.08. The zero-order valence-electron chi connectivity index (χ0n) is 8.04. The van der Waals surface area contributed by atoms with Gasteiger partial charge in [0.05, 0.1) is 12.1 Å². The molecule has 68 valence electrons. The standard InChI is InChI=1S/C11H14N2/c1-8-3-4-9(2)10(5-8)6-11(13)7-12/h3-5,11H,6,13H2,1-2H3. The minimum atomic E-state index is -0.388. The number of rotatable bonds is 2. The first-order valence-corrected chi connectivity index (χ1v) is 4.35. The van der Waals surface area contributed by atoms with E-state index in [1.807, 2.05) is 19.9 Å². The minimum absolute atomic E-state index is 0.388. The normalized spacial score (nSPS) is 12.2. The molecule has 2 N–H and O–H groups in total. The lowest BCUT2D eigenvalue weighted by atomic mass is 10.00. The zero-order valence-corrected chi connectivity index (χ0v) is 8.04. The van der Waals surface area contributed by atoms with Crippen LogP contribution < -0.4 is 5.73 Å². The van der Waals surface area contributed by atoms with Gasteiger partial charge in [0.1, 0.15) is 0 Å². The quantitative estimate of drug-likeness (QED) is 0.741. The van der Waals surface area contributed by atoms with Crippen molar-refractivity contribution in [2.75, 3.05) is 0 Å². The Morgan fingerprint density at radius 2 is 2.15 bits per heavy atom. The van der Waals surface area contributed by atoms with Gasteiger partial charge in [-0.2, -0.15) is 5.26 Å². The van der Waals surface area contributed by atoms with Crippen LogP contribution in [0.4, 0.5) is 0 Å². The van der Waals surface area contributed by atoms with E-state index in [4.69, 9.17) is 11.0 Å². The van der Waals surface area contributed by atoms with Crippen LogP contribution in [0.1, 0.15) is 16.7 Å². The molecule has 1 rings (SSSR count). The van der Waals surface area contributed by atoms with Crippen LogP contribution in [0.25, 0.3) is 0 Å². The molecule has 2 nitrogen and oxygen atoms in total. The first kappa shape index (κ1) is 9.76. The molecule has 0 aliphatic heterocycles. The van der Waals surface area contributed by atoms with Crippen LogP contribution in [0.2, 0.25) is 0 Å². The summed E-state index contributed by atoms with van der Waals surface area (Å²) >= 11 is 0. The van der Waals surface area contributed by atoms with Crippen molar-refractivity contribution in [3.05, 3.63) is 34.9 Å². The van der Waals surface area contributed by atoms with Crippen LogP contribution in [0, 0.1) is 25.2 Å². The highest BCUT2D eigenvalue weighted by atomic mass is 14.6. The molecule has 0 radical (unpaired) electrons. The van der Waals surface area contributed by atoms with Crippen LogP contribution in [0.3, 0.4) is 0 Å². The van der Waals surface area contributed by atoms with Gasteiger partial charge in [0.2, 0.25) is 0 Å². The van der Waals surface area contributed by atoms with Gasteiger partial charge in [0.15, 0.2) is 0 Å². The smallest absolute Gasteiger partial charge is 0.0968 e. The molecule has 0 saturated heterocycles. The largest absolute Gasteiger partial charge is 0.316 e. The topological polar surface area (TPSA) is 49.8 Å². The molecular weight excluding hydrogens is 160 g/mol. The fourth-order valence-corrected chi connectivity index (χ4v) is 1.30. The maximum atomic E-state index is 8.58. The monoisotopic (exact) mass is 174 g/mol. The second-order valence-electron chi connectivity index (χ2n) is 3.37. The molecule has 0 heterocycles. The second-order valence-corrected chi connectivity index (χ2v) is 3.37. The van der Waals surface area contributed by atoms with Crippen molar-refractivity contribution in [2.45, 2.75) is 26.3 Å². The molecule has 13 heavy (non-hydrogen) atoms. The predicted octanol–water partition coefficient (Wildman–Crippen LogP) is 1.70. The third-order valence-corrected chi connectivity index (χ3v) is 2.11. The molecule has 0 aliphatic rings. The molecule has 0 aliphatic carbocycles. The fourth-order valence-electron chi connectivity index (χ4n) is 1.30. The number of nitriles is 1. The van der Waals surface area contributed by atoms with E-state index in [0.717, 1.165) is 0 Å². The summed E-state index contributed by atoms with van der Waals surface area (Å²) in [4.78, 5) is 0. The van der Waals surface area contributed by atoms with Crippen LogP contribution in [-0.2, 0) is 6.42 Å². The molecule has 0 fully saturated rings. The van der Waals surface area contributed by atoms with Gasteiger partial charge < -0.3 is 5.73 Å². The van der Waals surface area contributed by atoms with Gasteiger partial charge in [-0.25, -0.2) is 0 Å². The summed E-state index contributed by atoms with van der Waals surface area (Å²) in [5, 5.41) is 8.58. The van der Waals surface area contributed by atoms with Crippen LogP contribution in [0.15, 0.2) is 18.2 Å². The molecule has 0 bridgehead atoms. The molecule has 0 amide bonds. The molecule has 2 heteroatoms. The van der Waals surface area contributed by atoms with Gasteiger partial charge in [-0.15, -0.1) is 0 Å². The second kappa shape index (κ2) is 4.06. The average molecular weight is 174 g/mol. The highest BCUT2D eigenvalue weighted by Crippen LogP contribution is 2.11. The lowest BCUT2D eigenvalue weighted by molar-refractivity contribution is 0.817. The van der Waals surface area contributed by atoms with Crippen LogP contribution in [0.5, 0.6) is 0 Å². The Balaban J connectivity index is 2.88. The molecule has 1 aromatic carbocycles. The van der Waals surface area contributed by atoms with Gasteiger partial charge >= 0.3 is 0 Å². The summed E-state index contributed by atoms with van der Waals surface area (Å²) in [5.74, 6) is 0. The van der Waals surface area contributed by atoms with Gasteiger partial charge in [-0.1, -0.05) is 23.8 Å². The molecule has 1 aromatic rings. The van der Waals surface area contributed by atoms with Crippen molar-refractivity contribution >= 4 is 0 Å². The molecule has 0 aromatic heterocycles. The van der Waals surface area contributed by atoms with E-state index in [1.54, 1.807) is 0 Å². The number of hydrogen-bond acceptors (Lipinski definition) is 2. The number of aryl methyl sites for hydroxylation is 2.